The molecule has 0 unspecified atom stereocenters. The SMILES string of the molecule is COc1cc(OC)cc(C(=O)N2CCCN([C@H]3CCN(Cc4ccccc4)C3=O)CC2)c1. The molecule has 2 saturated heterocycles. The van der Waals surface area contributed by atoms with Gasteiger partial charge in [-0.2, -0.15) is 0 Å². The van der Waals surface area contributed by atoms with E-state index in [1.807, 2.05) is 28.0 Å². The molecular weight excluding hydrogens is 406 g/mol. The fourth-order valence-corrected chi connectivity index (χ4v) is 4.59. The molecule has 2 aliphatic rings. The summed E-state index contributed by atoms with van der Waals surface area (Å²) in [6.07, 6.45) is 1.68. The van der Waals surface area contributed by atoms with Crippen molar-refractivity contribution in [2.24, 2.45) is 0 Å². The van der Waals surface area contributed by atoms with Gasteiger partial charge in [-0.15, -0.1) is 0 Å². The smallest absolute Gasteiger partial charge is 0.254 e. The summed E-state index contributed by atoms with van der Waals surface area (Å²) in [6, 6.07) is 15.3. The van der Waals surface area contributed by atoms with E-state index in [1.165, 1.54) is 0 Å². The summed E-state index contributed by atoms with van der Waals surface area (Å²) in [5.74, 6) is 1.36. The lowest BCUT2D eigenvalue weighted by atomic mass is 10.1. The van der Waals surface area contributed by atoms with Crippen LogP contribution in [0.5, 0.6) is 11.5 Å². The number of nitrogens with zero attached hydrogens (tertiary/aromatic N) is 3. The van der Waals surface area contributed by atoms with Crippen LogP contribution in [0.4, 0.5) is 0 Å². The standard InChI is InChI=1S/C25H31N3O4/c1-31-21-15-20(16-22(17-21)32-2)24(29)27-11-6-10-26(13-14-27)23-9-12-28(25(23)30)18-19-7-4-3-5-8-19/h3-5,7-8,15-17,23H,6,9-14,18H2,1-2H3/t23-/m0/s1. The van der Waals surface area contributed by atoms with Crippen LogP contribution in [-0.2, 0) is 11.3 Å². The lowest BCUT2D eigenvalue weighted by Crippen LogP contribution is -2.44. The Kier molecular flexibility index (Phi) is 6.95. The van der Waals surface area contributed by atoms with E-state index < -0.39 is 0 Å². The zero-order chi connectivity index (χ0) is 22.5. The second-order valence-electron chi connectivity index (χ2n) is 8.33. The minimum atomic E-state index is -0.0920. The van der Waals surface area contributed by atoms with Gasteiger partial charge in [-0.1, -0.05) is 30.3 Å². The molecule has 170 valence electrons. The quantitative estimate of drug-likeness (QED) is 0.695. The van der Waals surface area contributed by atoms with E-state index in [4.69, 9.17) is 9.47 Å². The van der Waals surface area contributed by atoms with Gasteiger partial charge in [-0.05, 0) is 30.5 Å². The van der Waals surface area contributed by atoms with Crippen LogP contribution in [0.2, 0.25) is 0 Å². The van der Waals surface area contributed by atoms with Gasteiger partial charge in [-0.25, -0.2) is 0 Å². The first-order valence-electron chi connectivity index (χ1n) is 11.2. The van der Waals surface area contributed by atoms with Crippen LogP contribution in [0.25, 0.3) is 0 Å². The maximum atomic E-state index is 13.2. The molecule has 0 N–H and O–H groups in total. The average Bonchev–Trinajstić information content (AvgIpc) is 3.03. The highest BCUT2D eigenvalue weighted by Crippen LogP contribution is 2.25. The van der Waals surface area contributed by atoms with Crippen molar-refractivity contribution in [3.63, 3.8) is 0 Å². The van der Waals surface area contributed by atoms with Crippen molar-refractivity contribution in [3.8, 4) is 11.5 Å². The van der Waals surface area contributed by atoms with E-state index in [0.717, 1.165) is 31.5 Å². The van der Waals surface area contributed by atoms with E-state index in [2.05, 4.69) is 17.0 Å². The Bertz CT molecular complexity index is 927. The molecule has 2 aromatic carbocycles. The highest BCUT2D eigenvalue weighted by molar-refractivity contribution is 5.95. The van der Waals surface area contributed by atoms with Crippen molar-refractivity contribution in [2.45, 2.75) is 25.4 Å². The predicted molar refractivity (Wildman–Crippen MR) is 122 cm³/mol. The third-order valence-corrected chi connectivity index (χ3v) is 6.34. The fraction of sp³-hybridized carbons (Fsp3) is 0.440. The monoisotopic (exact) mass is 437 g/mol. The number of benzene rings is 2. The Morgan fingerprint density at radius 2 is 1.66 bits per heavy atom. The van der Waals surface area contributed by atoms with Crippen molar-refractivity contribution in [1.29, 1.82) is 0 Å². The summed E-state index contributed by atoms with van der Waals surface area (Å²) in [6.45, 7) is 4.22. The number of carbonyl (C=O) groups excluding carboxylic acids is 2. The van der Waals surface area contributed by atoms with Crippen LogP contribution in [0.3, 0.4) is 0 Å². The number of hydrogen-bond donors (Lipinski definition) is 0. The normalized spacial score (nSPS) is 19.7. The summed E-state index contributed by atoms with van der Waals surface area (Å²) in [4.78, 5) is 32.3. The van der Waals surface area contributed by atoms with Gasteiger partial charge in [0.2, 0.25) is 5.91 Å². The van der Waals surface area contributed by atoms with Gasteiger partial charge in [0.05, 0.1) is 20.3 Å². The summed E-state index contributed by atoms with van der Waals surface area (Å²) >= 11 is 0. The topological polar surface area (TPSA) is 62.3 Å². The Labute approximate surface area is 189 Å². The fourth-order valence-electron chi connectivity index (χ4n) is 4.59. The number of rotatable bonds is 6. The first-order chi connectivity index (χ1) is 15.6. The molecule has 2 heterocycles. The molecule has 2 fully saturated rings. The molecule has 0 saturated carbocycles. The maximum Gasteiger partial charge on any atom is 0.254 e. The Morgan fingerprint density at radius 1 is 0.938 bits per heavy atom. The summed E-state index contributed by atoms with van der Waals surface area (Å²) in [5.41, 5.74) is 1.71. The van der Waals surface area contributed by atoms with E-state index in [9.17, 15) is 9.59 Å². The molecule has 7 heteroatoms. The molecule has 32 heavy (non-hydrogen) atoms. The molecule has 7 nitrogen and oxygen atoms in total. The van der Waals surface area contributed by atoms with Crippen molar-refractivity contribution in [3.05, 3.63) is 59.7 Å². The number of likely N-dealkylation sites (tertiary alicyclic amines) is 1. The van der Waals surface area contributed by atoms with Gasteiger partial charge < -0.3 is 19.3 Å². The van der Waals surface area contributed by atoms with Gasteiger partial charge in [-0.3, -0.25) is 14.5 Å². The zero-order valence-corrected chi connectivity index (χ0v) is 18.8. The molecule has 1 atom stereocenters. The molecule has 4 rings (SSSR count). The lowest BCUT2D eigenvalue weighted by Gasteiger charge is -2.27. The summed E-state index contributed by atoms with van der Waals surface area (Å²) in [7, 11) is 3.15. The van der Waals surface area contributed by atoms with Gasteiger partial charge in [0, 0.05) is 50.9 Å². The van der Waals surface area contributed by atoms with Crippen molar-refractivity contribution >= 4 is 11.8 Å². The van der Waals surface area contributed by atoms with Crippen LogP contribution >= 0.6 is 0 Å². The van der Waals surface area contributed by atoms with Crippen molar-refractivity contribution in [2.75, 3.05) is 46.9 Å². The third kappa shape index (κ3) is 4.88. The second kappa shape index (κ2) is 10.0. The second-order valence-corrected chi connectivity index (χ2v) is 8.33. The minimum Gasteiger partial charge on any atom is -0.497 e. The van der Waals surface area contributed by atoms with Crippen molar-refractivity contribution in [1.82, 2.24) is 14.7 Å². The van der Waals surface area contributed by atoms with E-state index in [0.29, 0.717) is 43.2 Å². The van der Waals surface area contributed by atoms with E-state index in [1.54, 1.807) is 32.4 Å². The molecule has 0 aromatic heterocycles. The van der Waals surface area contributed by atoms with E-state index >= 15 is 0 Å². The highest BCUT2D eigenvalue weighted by atomic mass is 16.5. The molecule has 2 aromatic rings. The van der Waals surface area contributed by atoms with E-state index in [-0.39, 0.29) is 17.9 Å². The van der Waals surface area contributed by atoms with Gasteiger partial charge in [0.15, 0.2) is 0 Å². The zero-order valence-electron chi connectivity index (χ0n) is 18.8. The first-order valence-corrected chi connectivity index (χ1v) is 11.2. The Morgan fingerprint density at radius 3 is 2.34 bits per heavy atom. The molecule has 2 amide bonds. The minimum absolute atomic E-state index is 0.0347. The van der Waals surface area contributed by atoms with Gasteiger partial charge >= 0.3 is 0 Å². The van der Waals surface area contributed by atoms with Gasteiger partial charge in [0.25, 0.3) is 5.91 Å². The number of methoxy groups -OCH3 is 2. The van der Waals surface area contributed by atoms with Gasteiger partial charge in [0.1, 0.15) is 11.5 Å². The van der Waals surface area contributed by atoms with Crippen LogP contribution in [0, 0.1) is 0 Å². The molecule has 0 aliphatic carbocycles. The number of hydrogen-bond acceptors (Lipinski definition) is 5. The van der Waals surface area contributed by atoms with Crippen LogP contribution in [0.15, 0.2) is 48.5 Å². The highest BCUT2D eigenvalue weighted by Gasteiger charge is 2.36. The number of carbonyl (C=O) groups is 2. The maximum absolute atomic E-state index is 13.2. The molecular formula is C25H31N3O4. The van der Waals surface area contributed by atoms with Crippen molar-refractivity contribution < 1.29 is 19.1 Å². The Balaban J connectivity index is 1.38. The summed E-state index contributed by atoms with van der Waals surface area (Å²) < 4.78 is 10.6. The lowest BCUT2D eigenvalue weighted by molar-refractivity contribution is -0.132. The molecule has 0 radical (unpaired) electrons. The predicted octanol–water partition coefficient (Wildman–Crippen LogP) is 2.65. The largest absolute Gasteiger partial charge is 0.497 e. The van der Waals surface area contributed by atoms with Crippen LogP contribution in [-0.4, -0.2) is 79.5 Å². The summed E-state index contributed by atoms with van der Waals surface area (Å²) in [5, 5.41) is 0. The molecule has 0 spiro atoms. The Hall–Kier alpha value is -3.06. The first kappa shape index (κ1) is 22.1. The average molecular weight is 438 g/mol. The van der Waals surface area contributed by atoms with Crippen LogP contribution < -0.4 is 9.47 Å². The van der Waals surface area contributed by atoms with Crippen LogP contribution in [0.1, 0.15) is 28.8 Å². The number of amides is 2. The molecule has 2 aliphatic heterocycles. The molecule has 0 bridgehead atoms. The third-order valence-electron chi connectivity index (χ3n) is 6.34. The number of ether oxygens (including phenoxy) is 2.